The third kappa shape index (κ3) is 2.36. The summed E-state index contributed by atoms with van der Waals surface area (Å²) < 4.78 is 2.02. The fourth-order valence-electron chi connectivity index (χ4n) is 2.28. The summed E-state index contributed by atoms with van der Waals surface area (Å²) in [5.41, 5.74) is 3.69. The van der Waals surface area contributed by atoms with Crippen LogP contribution in [0, 0.1) is 13.8 Å². The zero-order valence-corrected chi connectivity index (χ0v) is 12.5. The average Bonchev–Trinajstić information content (AvgIpc) is 2.95. The van der Waals surface area contributed by atoms with Gasteiger partial charge >= 0.3 is 5.97 Å². The maximum Gasteiger partial charge on any atom is 0.328 e. The Balaban J connectivity index is 2.29. The van der Waals surface area contributed by atoms with Gasteiger partial charge < -0.3 is 5.11 Å². The topological polar surface area (TPSA) is 54.6 Å². The van der Waals surface area contributed by atoms with Crippen molar-refractivity contribution in [1.29, 1.82) is 0 Å². The molecule has 106 valence electrons. The molecule has 0 bridgehead atoms. The van der Waals surface area contributed by atoms with E-state index < -0.39 is 5.97 Å². The Morgan fingerprint density at radius 2 is 2.00 bits per heavy atom. The molecule has 1 aromatic carbocycles. The summed E-state index contributed by atoms with van der Waals surface area (Å²) in [6.07, 6.45) is 2.77. The van der Waals surface area contributed by atoms with Crippen molar-refractivity contribution in [3.63, 3.8) is 0 Å². The Kier molecular flexibility index (Phi) is 3.35. The highest BCUT2D eigenvalue weighted by atomic mass is 32.1. The van der Waals surface area contributed by atoms with Gasteiger partial charge in [0.05, 0.1) is 11.4 Å². The highest BCUT2D eigenvalue weighted by molar-refractivity contribution is 7.17. The summed E-state index contributed by atoms with van der Waals surface area (Å²) in [6, 6.07) is 9.81. The summed E-state index contributed by atoms with van der Waals surface area (Å²) in [5, 5.41) is 8.91. The largest absolute Gasteiger partial charge is 0.478 e. The van der Waals surface area contributed by atoms with Gasteiger partial charge in [-0.05, 0) is 19.9 Å². The van der Waals surface area contributed by atoms with Crippen LogP contribution < -0.4 is 0 Å². The molecule has 0 aliphatic rings. The molecule has 2 aromatic heterocycles. The number of carboxylic acid groups (broad SMARTS) is 1. The molecule has 0 radical (unpaired) electrons. The second-order valence-corrected chi connectivity index (χ2v) is 5.93. The van der Waals surface area contributed by atoms with E-state index in [0.717, 1.165) is 33.7 Å². The standard InChI is InChI=1S/C16H14N2O2S/c1-10-11(2)21-16-17-15(12-6-4-3-5-7-12)13(18(10)16)8-9-14(19)20/h3-9H,1-2H3,(H,19,20)/b9-8+. The molecule has 0 amide bonds. The van der Waals surface area contributed by atoms with Crippen molar-refractivity contribution in [3.05, 3.63) is 52.7 Å². The van der Waals surface area contributed by atoms with Crippen molar-refractivity contribution in [2.24, 2.45) is 0 Å². The average molecular weight is 298 g/mol. The van der Waals surface area contributed by atoms with Crippen molar-refractivity contribution in [1.82, 2.24) is 9.38 Å². The lowest BCUT2D eigenvalue weighted by atomic mass is 10.1. The smallest absolute Gasteiger partial charge is 0.328 e. The van der Waals surface area contributed by atoms with Crippen LogP contribution in [-0.2, 0) is 4.79 Å². The van der Waals surface area contributed by atoms with Crippen molar-refractivity contribution in [2.75, 3.05) is 0 Å². The molecule has 1 N–H and O–H groups in total. The monoisotopic (exact) mass is 298 g/mol. The highest BCUT2D eigenvalue weighted by Crippen LogP contribution is 2.31. The molecule has 0 aliphatic heterocycles. The second-order valence-electron chi connectivity index (χ2n) is 4.74. The number of carbonyl (C=O) groups is 1. The first-order valence-electron chi connectivity index (χ1n) is 6.53. The third-order valence-electron chi connectivity index (χ3n) is 3.40. The molecule has 3 aromatic rings. The molecule has 3 rings (SSSR count). The van der Waals surface area contributed by atoms with Gasteiger partial charge in [-0.1, -0.05) is 30.3 Å². The first-order valence-corrected chi connectivity index (χ1v) is 7.34. The maximum atomic E-state index is 10.9. The summed E-state index contributed by atoms with van der Waals surface area (Å²) in [4.78, 5) is 17.6. The summed E-state index contributed by atoms with van der Waals surface area (Å²) in [5.74, 6) is -0.964. The minimum Gasteiger partial charge on any atom is -0.478 e. The van der Waals surface area contributed by atoms with Gasteiger partial charge in [0.25, 0.3) is 0 Å². The number of aliphatic carboxylic acids is 1. The van der Waals surface area contributed by atoms with Gasteiger partial charge in [-0.3, -0.25) is 4.40 Å². The van der Waals surface area contributed by atoms with Crippen LogP contribution in [0.2, 0.25) is 0 Å². The second kappa shape index (κ2) is 5.18. The number of rotatable bonds is 3. The Morgan fingerprint density at radius 3 is 2.67 bits per heavy atom. The highest BCUT2D eigenvalue weighted by Gasteiger charge is 2.16. The van der Waals surface area contributed by atoms with E-state index in [4.69, 9.17) is 5.11 Å². The van der Waals surface area contributed by atoms with Crippen LogP contribution in [0.4, 0.5) is 0 Å². The molecular formula is C16H14N2O2S. The fraction of sp³-hybridized carbons (Fsp3) is 0.125. The third-order valence-corrected chi connectivity index (χ3v) is 4.46. The molecule has 0 spiro atoms. The normalized spacial score (nSPS) is 11.5. The van der Waals surface area contributed by atoms with Gasteiger partial charge in [0.15, 0.2) is 4.96 Å². The van der Waals surface area contributed by atoms with E-state index in [1.807, 2.05) is 48.6 Å². The zero-order valence-electron chi connectivity index (χ0n) is 11.7. The SMILES string of the molecule is Cc1sc2nc(-c3ccccc3)c(/C=C/C(=O)O)n2c1C. The van der Waals surface area contributed by atoms with Crippen LogP contribution in [0.15, 0.2) is 36.4 Å². The molecule has 5 heteroatoms. The molecule has 0 atom stereocenters. The van der Waals surface area contributed by atoms with Crippen LogP contribution in [0.25, 0.3) is 22.3 Å². The summed E-state index contributed by atoms with van der Waals surface area (Å²) in [7, 11) is 0. The van der Waals surface area contributed by atoms with Gasteiger partial charge in [-0.15, -0.1) is 11.3 Å². The van der Waals surface area contributed by atoms with Crippen LogP contribution in [0.3, 0.4) is 0 Å². The number of aromatic nitrogens is 2. The van der Waals surface area contributed by atoms with Crippen LogP contribution in [0.5, 0.6) is 0 Å². The Bertz CT molecular complexity index is 844. The van der Waals surface area contributed by atoms with E-state index in [1.54, 1.807) is 17.4 Å². The molecule has 0 unspecified atom stereocenters. The van der Waals surface area contributed by atoms with E-state index in [2.05, 4.69) is 4.98 Å². The van der Waals surface area contributed by atoms with Crippen molar-refractivity contribution < 1.29 is 9.90 Å². The van der Waals surface area contributed by atoms with E-state index in [-0.39, 0.29) is 0 Å². The molecule has 0 aliphatic carbocycles. The number of hydrogen-bond donors (Lipinski definition) is 1. The zero-order chi connectivity index (χ0) is 15.0. The maximum absolute atomic E-state index is 10.9. The lowest BCUT2D eigenvalue weighted by molar-refractivity contribution is -0.131. The Hall–Kier alpha value is -2.40. The van der Waals surface area contributed by atoms with Crippen LogP contribution in [-0.4, -0.2) is 20.5 Å². The minimum absolute atomic E-state index is 0.806. The van der Waals surface area contributed by atoms with E-state index in [9.17, 15) is 4.79 Å². The van der Waals surface area contributed by atoms with E-state index in [0.29, 0.717) is 0 Å². The minimum atomic E-state index is -0.964. The number of benzene rings is 1. The predicted molar refractivity (Wildman–Crippen MR) is 84.6 cm³/mol. The molecule has 0 saturated carbocycles. The fourth-order valence-corrected chi connectivity index (χ4v) is 3.26. The quantitative estimate of drug-likeness (QED) is 0.749. The van der Waals surface area contributed by atoms with Crippen molar-refractivity contribution >= 4 is 28.3 Å². The lowest BCUT2D eigenvalue weighted by Crippen LogP contribution is -1.92. The molecule has 2 heterocycles. The lowest BCUT2D eigenvalue weighted by Gasteiger charge is -2.01. The van der Waals surface area contributed by atoms with E-state index >= 15 is 0 Å². The number of imidazole rings is 1. The number of thiazole rings is 1. The van der Waals surface area contributed by atoms with Gasteiger partial charge in [0, 0.05) is 22.2 Å². The van der Waals surface area contributed by atoms with Crippen LogP contribution in [0.1, 0.15) is 16.3 Å². The molecular weight excluding hydrogens is 284 g/mol. The molecule has 0 saturated heterocycles. The van der Waals surface area contributed by atoms with Crippen molar-refractivity contribution in [2.45, 2.75) is 13.8 Å². The van der Waals surface area contributed by atoms with Gasteiger partial charge in [-0.25, -0.2) is 9.78 Å². The number of carboxylic acids is 1. The molecule has 4 nitrogen and oxygen atoms in total. The Morgan fingerprint density at radius 1 is 1.29 bits per heavy atom. The van der Waals surface area contributed by atoms with Gasteiger partial charge in [0.1, 0.15) is 0 Å². The van der Waals surface area contributed by atoms with E-state index in [1.165, 1.54) is 4.88 Å². The number of aryl methyl sites for hydroxylation is 2. The number of fused-ring (bicyclic) bond motifs is 1. The Labute approximate surface area is 126 Å². The van der Waals surface area contributed by atoms with Gasteiger partial charge in [-0.2, -0.15) is 0 Å². The molecule has 21 heavy (non-hydrogen) atoms. The number of nitrogens with zero attached hydrogens (tertiary/aromatic N) is 2. The summed E-state index contributed by atoms with van der Waals surface area (Å²) in [6.45, 7) is 4.06. The van der Waals surface area contributed by atoms with Crippen molar-refractivity contribution in [3.8, 4) is 11.3 Å². The van der Waals surface area contributed by atoms with Gasteiger partial charge in [0.2, 0.25) is 0 Å². The first kappa shape index (κ1) is 13.6. The first-order chi connectivity index (χ1) is 10.1. The number of hydrogen-bond acceptors (Lipinski definition) is 3. The van der Waals surface area contributed by atoms with Crippen LogP contribution >= 0.6 is 11.3 Å². The summed E-state index contributed by atoms with van der Waals surface area (Å²) >= 11 is 1.61. The molecule has 0 fully saturated rings. The predicted octanol–water partition coefficient (Wildman–Crippen LogP) is 3.78.